The molecular weight excluding hydrogens is 398 g/mol. The van der Waals surface area contributed by atoms with Crippen molar-refractivity contribution in [2.45, 2.75) is 44.3 Å². The highest BCUT2D eigenvalue weighted by Crippen LogP contribution is 2.56. The molecule has 0 aliphatic carbocycles. The van der Waals surface area contributed by atoms with Gasteiger partial charge in [0.1, 0.15) is 0 Å². The van der Waals surface area contributed by atoms with E-state index in [1.807, 2.05) is 6.92 Å². The van der Waals surface area contributed by atoms with Gasteiger partial charge in [-0.15, -0.1) is 0 Å². The summed E-state index contributed by atoms with van der Waals surface area (Å²) in [7, 11) is 1.38. The molecule has 8 heteroatoms. The molecule has 29 heavy (non-hydrogen) atoms. The summed E-state index contributed by atoms with van der Waals surface area (Å²) >= 11 is 0. The molecule has 0 radical (unpaired) electrons. The molecule has 0 heterocycles. The van der Waals surface area contributed by atoms with Crippen molar-refractivity contribution in [1.29, 1.82) is 0 Å². The first-order chi connectivity index (χ1) is 13.6. The van der Waals surface area contributed by atoms with Crippen LogP contribution in [0.4, 0.5) is 26.3 Å². The third kappa shape index (κ3) is 4.75. The average Bonchev–Trinajstić information content (AvgIpc) is 2.63. The number of hydrogen-bond donors (Lipinski definition) is 0. The first-order valence-corrected chi connectivity index (χ1v) is 8.97. The topological polar surface area (TPSA) is 18.5 Å². The van der Waals surface area contributed by atoms with E-state index in [9.17, 15) is 26.3 Å². The molecule has 2 aromatic rings. The van der Waals surface area contributed by atoms with Crippen LogP contribution in [0.2, 0.25) is 0 Å². The lowest BCUT2D eigenvalue weighted by Gasteiger charge is -2.38. The van der Waals surface area contributed by atoms with E-state index >= 15 is 0 Å². The number of halogens is 6. The Morgan fingerprint density at radius 3 is 1.45 bits per heavy atom. The molecule has 0 spiro atoms. The molecule has 0 N–H and O–H groups in total. The van der Waals surface area contributed by atoms with E-state index in [4.69, 9.17) is 9.47 Å². The van der Waals surface area contributed by atoms with Crippen LogP contribution in [-0.4, -0.2) is 26.1 Å². The fourth-order valence-electron chi connectivity index (χ4n) is 3.19. The molecule has 0 saturated heterocycles. The Morgan fingerprint density at radius 1 is 0.690 bits per heavy atom. The monoisotopic (exact) mass is 420 g/mol. The van der Waals surface area contributed by atoms with Crippen molar-refractivity contribution in [3.8, 4) is 0 Å². The number of rotatable bonds is 8. The quantitative estimate of drug-likeness (QED) is 0.376. The minimum absolute atomic E-state index is 0.0811. The first-order valence-electron chi connectivity index (χ1n) is 8.97. The van der Waals surface area contributed by atoms with Crippen LogP contribution in [-0.2, 0) is 28.1 Å². The predicted molar refractivity (Wildman–Crippen MR) is 96.4 cm³/mol. The standard InChI is InChI=1S/C21H22F6O2/c1-3-12-29-14-16-6-10-18(11-7-16)19(20(22,23)24,21(25,26)27)17-8-4-15(5-9-17)13-28-2/h4-11H,3,12-14H2,1-2H3. The molecule has 0 bridgehead atoms. The van der Waals surface area contributed by atoms with Gasteiger partial charge in [0.15, 0.2) is 0 Å². The fraction of sp³-hybridized carbons (Fsp3) is 0.429. The molecule has 2 aromatic carbocycles. The van der Waals surface area contributed by atoms with E-state index < -0.39 is 28.9 Å². The van der Waals surface area contributed by atoms with Crippen molar-refractivity contribution in [3.63, 3.8) is 0 Å². The molecule has 0 saturated carbocycles. The third-order valence-corrected chi connectivity index (χ3v) is 4.55. The summed E-state index contributed by atoms with van der Waals surface area (Å²) < 4.78 is 94.6. The Hall–Kier alpha value is -2.06. The van der Waals surface area contributed by atoms with Gasteiger partial charge in [-0.05, 0) is 28.7 Å². The van der Waals surface area contributed by atoms with E-state index in [0.29, 0.717) is 17.7 Å². The van der Waals surface area contributed by atoms with E-state index in [2.05, 4.69) is 0 Å². The number of alkyl halides is 6. The summed E-state index contributed by atoms with van der Waals surface area (Å²) in [6.45, 7) is 2.54. The lowest BCUT2D eigenvalue weighted by Crippen LogP contribution is -2.54. The minimum atomic E-state index is -5.60. The van der Waals surface area contributed by atoms with Gasteiger partial charge in [-0.3, -0.25) is 0 Å². The van der Waals surface area contributed by atoms with Crippen molar-refractivity contribution >= 4 is 0 Å². The SMILES string of the molecule is CCCOCc1ccc(C(c2ccc(COC)cc2)(C(F)(F)F)C(F)(F)F)cc1. The molecule has 0 atom stereocenters. The van der Waals surface area contributed by atoms with Gasteiger partial charge in [0.2, 0.25) is 5.41 Å². The maximum Gasteiger partial charge on any atom is 0.411 e. The highest BCUT2D eigenvalue weighted by molar-refractivity contribution is 5.45. The normalized spacial score (nSPS) is 13.0. The second-order valence-corrected chi connectivity index (χ2v) is 6.62. The highest BCUT2D eigenvalue weighted by Gasteiger charge is 2.72. The lowest BCUT2D eigenvalue weighted by atomic mass is 9.72. The summed E-state index contributed by atoms with van der Waals surface area (Å²) in [5.74, 6) is 0. The van der Waals surface area contributed by atoms with Crippen LogP contribution < -0.4 is 0 Å². The fourth-order valence-corrected chi connectivity index (χ4v) is 3.19. The van der Waals surface area contributed by atoms with E-state index in [0.717, 1.165) is 30.7 Å². The van der Waals surface area contributed by atoms with Crippen molar-refractivity contribution < 1.29 is 35.8 Å². The van der Waals surface area contributed by atoms with Gasteiger partial charge in [0.05, 0.1) is 13.2 Å². The first kappa shape index (κ1) is 23.2. The molecule has 2 nitrogen and oxygen atoms in total. The van der Waals surface area contributed by atoms with Gasteiger partial charge >= 0.3 is 12.4 Å². The zero-order valence-electron chi connectivity index (χ0n) is 16.0. The Labute approximate surface area is 165 Å². The van der Waals surface area contributed by atoms with E-state index in [1.54, 1.807) is 0 Å². The van der Waals surface area contributed by atoms with Crippen molar-refractivity contribution in [1.82, 2.24) is 0 Å². The van der Waals surface area contributed by atoms with Crippen LogP contribution in [0.15, 0.2) is 48.5 Å². The summed E-state index contributed by atoms with van der Waals surface area (Å²) in [6, 6.07) is 8.33. The van der Waals surface area contributed by atoms with Gasteiger partial charge in [0, 0.05) is 13.7 Å². The third-order valence-electron chi connectivity index (χ3n) is 4.55. The van der Waals surface area contributed by atoms with E-state index in [-0.39, 0.29) is 13.2 Å². The molecular formula is C21H22F6O2. The Morgan fingerprint density at radius 2 is 1.10 bits per heavy atom. The largest absolute Gasteiger partial charge is 0.411 e. The highest BCUT2D eigenvalue weighted by atomic mass is 19.4. The molecule has 0 aliphatic heterocycles. The number of benzene rings is 2. The average molecular weight is 420 g/mol. The molecule has 0 unspecified atom stereocenters. The maximum atomic E-state index is 14.1. The molecule has 160 valence electrons. The van der Waals surface area contributed by atoms with Crippen LogP contribution >= 0.6 is 0 Å². The maximum absolute atomic E-state index is 14.1. The predicted octanol–water partition coefficient (Wildman–Crippen LogP) is 6.17. The van der Waals surface area contributed by atoms with Crippen molar-refractivity contribution in [2.75, 3.05) is 13.7 Å². The van der Waals surface area contributed by atoms with Crippen LogP contribution in [0.5, 0.6) is 0 Å². The van der Waals surface area contributed by atoms with Gasteiger partial charge in [-0.1, -0.05) is 55.5 Å². The van der Waals surface area contributed by atoms with Crippen LogP contribution in [0.25, 0.3) is 0 Å². The zero-order chi connectivity index (χ0) is 21.7. The lowest BCUT2D eigenvalue weighted by molar-refractivity contribution is -0.288. The Bertz CT molecular complexity index is 750. The smallest absolute Gasteiger partial charge is 0.380 e. The molecule has 0 amide bonds. The summed E-state index contributed by atoms with van der Waals surface area (Å²) in [5.41, 5.74) is -4.97. The second kappa shape index (κ2) is 9.17. The Balaban J connectivity index is 2.58. The van der Waals surface area contributed by atoms with E-state index in [1.165, 1.54) is 31.4 Å². The summed E-state index contributed by atoms with van der Waals surface area (Å²) in [4.78, 5) is 0. The van der Waals surface area contributed by atoms with Gasteiger partial charge in [-0.25, -0.2) is 0 Å². The van der Waals surface area contributed by atoms with Crippen LogP contribution in [0.3, 0.4) is 0 Å². The van der Waals surface area contributed by atoms with Crippen LogP contribution in [0.1, 0.15) is 35.6 Å². The summed E-state index contributed by atoms with van der Waals surface area (Å²) in [6.07, 6.45) is -10.5. The number of ether oxygens (including phenoxy) is 2. The summed E-state index contributed by atoms with van der Waals surface area (Å²) in [5, 5.41) is 0. The van der Waals surface area contributed by atoms with Gasteiger partial charge in [-0.2, -0.15) is 26.3 Å². The molecule has 0 aliphatic rings. The number of methoxy groups -OCH3 is 1. The van der Waals surface area contributed by atoms with Crippen molar-refractivity contribution in [2.24, 2.45) is 0 Å². The minimum Gasteiger partial charge on any atom is -0.380 e. The van der Waals surface area contributed by atoms with Gasteiger partial charge in [0.25, 0.3) is 0 Å². The molecule has 2 rings (SSSR count). The number of hydrogen-bond acceptors (Lipinski definition) is 2. The second-order valence-electron chi connectivity index (χ2n) is 6.62. The zero-order valence-corrected chi connectivity index (χ0v) is 16.0. The van der Waals surface area contributed by atoms with Crippen molar-refractivity contribution in [3.05, 3.63) is 70.8 Å². The molecule has 0 aromatic heterocycles. The molecule has 0 fully saturated rings. The van der Waals surface area contributed by atoms with Gasteiger partial charge < -0.3 is 9.47 Å². The Kier molecular flexibility index (Phi) is 7.35. The van der Waals surface area contributed by atoms with Crippen LogP contribution in [0, 0.1) is 0 Å².